The van der Waals surface area contributed by atoms with E-state index in [-0.39, 0.29) is 5.84 Å². The molecule has 0 saturated carbocycles. The lowest BCUT2D eigenvalue weighted by Gasteiger charge is -2.02. The summed E-state index contributed by atoms with van der Waals surface area (Å²) in [4.78, 5) is 0. The number of nitrogens with two attached hydrogens (primary N) is 1. The van der Waals surface area contributed by atoms with Crippen LogP contribution in [0, 0.1) is 5.41 Å². The van der Waals surface area contributed by atoms with E-state index in [1.807, 2.05) is 12.1 Å². The second kappa shape index (κ2) is 4.13. The highest BCUT2D eigenvalue weighted by molar-refractivity contribution is 5.83. The van der Waals surface area contributed by atoms with Gasteiger partial charge >= 0.3 is 0 Å². The van der Waals surface area contributed by atoms with Gasteiger partial charge in [-0.2, -0.15) is 0 Å². The average Bonchev–Trinajstić information content (AvgIpc) is 2.26. The molecule has 0 spiro atoms. The standard InChI is InChI=1S/C13H14N2/c14-13(15)8-6-10-5-7-11-3-1-2-4-12(11)9-10/h1-5,7,9H,6,8H2,(H3,14,15). The largest absolute Gasteiger partial charge is 0.388 e. The Hall–Kier alpha value is -1.83. The molecule has 3 N–H and O–H groups in total. The molecule has 0 radical (unpaired) electrons. The zero-order valence-electron chi connectivity index (χ0n) is 8.53. The lowest BCUT2D eigenvalue weighted by molar-refractivity contribution is 1.02. The Bertz CT molecular complexity index is 489. The van der Waals surface area contributed by atoms with Crippen LogP contribution in [0.3, 0.4) is 0 Å². The molecule has 2 nitrogen and oxygen atoms in total. The van der Waals surface area contributed by atoms with Crippen molar-refractivity contribution in [2.75, 3.05) is 0 Å². The van der Waals surface area contributed by atoms with Crippen LogP contribution in [0.25, 0.3) is 10.8 Å². The van der Waals surface area contributed by atoms with Crippen molar-refractivity contribution in [2.45, 2.75) is 12.8 Å². The number of nitrogens with one attached hydrogen (secondary N) is 1. The molecule has 0 bridgehead atoms. The Kier molecular flexibility index (Phi) is 2.68. The van der Waals surface area contributed by atoms with Crippen molar-refractivity contribution < 1.29 is 0 Å². The molecule has 15 heavy (non-hydrogen) atoms. The molecule has 2 rings (SSSR count). The number of aryl methyl sites for hydroxylation is 1. The van der Waals surface area contributed by atoms with Crippen LogP contribution in [0.4, 0.5) is 0 Å². The van der Waals surface area contributed by atoms with Crippen molar-refractivity contribution in [3.05, 3.63) is 48.0 Å². The molecule has 2 heteroatoms. The van der Waals surface area contributed by atoms with Crippen LogP contribution in [-0.2, 0) is 6.42 Å². The van der Waals surface area contributed by atoms with Crippen molar-refractivity contribution in [3.63, 3.8) is 0 Å². The molecule has 0 aliphatic rings. The van der Waals surface area contributed by atoms with E-state index in [2.05, 4.69) is 30.3 Å². The SMILES string of the molecule is N=C(N)CCc1ccc2ccccc2c1. The minimum Gasteiger partial charge on any atom is -0.388 e. The zero-order valence-corrected chi connectivity index (χ0v) is 8.53. The molecule has 2 aromatic carbocycles. The maximum absolute atomic E-state index is 7.18. The first-order valence-corrected chi connectivity index (χ1v) is 5.06. The fourth-order valence-electron chi connectivity index (χ4n) is 1.67. The topological polar surface area (TPSA) is 49.9 Å². The third-order valence-electron chi connectivity index (χ3n) is 2.50. The van der Waals surface area contributed by atoms with E-state index >= 15 is 0 Å². The zero-order chi connectivity index (χ0) is 10.7. The van der Waals surface area contributed by atoms with Gasteiger partial charge in [0.2, 0.25) is 0 Å². The van der Waals surface area contributed by atoms with Gasteiger partial charge in [0.15, 0.2) is 0 Å². The molecule has 0 aromatic heterocycles. The first-order valence-electron chi connectivity index (χ1n) is 5.06. The number of fused-ring (bicyclic) bond motifs is 1. The van der Waals surface area contributed by atoms with Gasteiger partial charge in [0.25, 0.3) is 0 Å². The first-order chi connectivity index (χ1) is 7.25. The van der Waals surface area contributed by atoms with Crippen LogP contribution < -0.4 is 5.73 Å². The number of hydrogen-bond acceptors (Lipinski definition) is 1. The van der Waals surface area contributed by atoms with E-state index in [9.17, 15) is 0 Å². The normalized spacial score (nSPS) is 10.4. The van der Waals surface area contributed by atoms with Crippen molar-refractivity contribution in [1.29, 1.82) is 5.41 Å². The molecule has 0 fully saturated rings. The summed E-state index contributed by atoms with van der Waals surface area (Å²) in [7, 11) is 0. The van der Waals surface area contributed by atoms with Crippen molar-refractivity contribution in [3.8, 4) is 0 Å². The Labute approximate surface area is 89.2 Å². The smallest absolute Gasteiger partial charge is 0.0908 e. The summed E-state index contributed by atoms with van der Waals surface area (Å²) < 4.78 is 0. The lowest BCUT2D eigenvalue weighted by Crippen LogP contribution is -2.10. The van der Waals surface area contributed by atoms with Gasteiger partial charge < -0.3 is 5.73 Å². The summed E-state index contributed by atoms with van der Waals surface area (Å²) in [5.41, 5.74) is 6.58. The van der Waals surface area contributed by atoms with E-state index in [4.69, 9.17) is 11.1 Å². The second-order valence-electron chi connectivity index (χ2n) is 3.71. The van der Waals surface area contributed by atoms with Crippen LogP contribution in [0.15, 0.2) is 42.5 Å². The highest BCUT2D eigenvalue weighted by Crippen LogP contribution is 2.16. The second-order valence-corrected chi connectivity index (χ2v) is 3.71. The first kappa shape index (κ1) is 9.71. The van der Waals surface area contributed by atoms with Crippen LogP contribution in [-0.4, -0.2) is 5.84 Å². The predicted octanol–water partition coefficient (Wildman–Crippen LogP) is 2.71. The third-order valence-corrected chi connectivity index (χ3v) is 2.50. The van der Waals surface area contributed by atoms with E-state index in [0.29, 0.717) is 6.42 Å². The Morgan fingerprint density at radius 3 is 2.53 bits per heavy atom. The van der Waals surface area contributed by atoms with Gasteiger partial charge in [-0.15, -0.1) is 0 Å². The maximum atomic E-state index is 7.18. The van der Waals surface area contributed by atoms with Crippen LogP contribution in [0.1, 0.15) is 12.0 Å². The van der Waals surface area contributed by atoms with Gasteiger partial charge in [-0.1, -0.05) is 42.5 Å². The predicted molar refractivity (Wildman–Crippen MR) is 64.2 cm³/mol. The summed E-state index contributed by atoms with van der Waals surface area (Å²) in [5.74, 6) is 0.253. The molecular weight excluding hydrogens is 184 g/mol. The summed E-state index contributed by atoms with van der Waals surface area (Å²) in [6, 6.07) is 14.7. The minimum absolute atomic E-state index is 0.253. The third kappa shape index (κ3) is 2.34. The molecule has 0 amide bonds. The summed E-state index contributed by atoms with van der Waals surface area (Å²) in [6.07, 6.45) is 1.48. The Morgan fingerprint density at radius 1 is 1.07 bits per heavy atom. The van der Waals surface area contributed by atoms with Gasteiger partial charge in [-0.05, 0) is 22.8 Å². The molecule has 0 aliphatic heterocycles. The molecule has 76 valence electrons. The fourth-order valence-corrected chi connectivity index (χ4v) is 1.67. The van der Waals surface area contributed by atoms with Gasteiger partial charge in [-0.3, -0.25) is 5.41 Å². The number of rotatable bonds is 3. The van der Waals surface area contributed by atoms with E-state index in [1.54, 1.807) is 0 Å². The Balaban J connectivity index is 2.26. The summed E-state index contributed by atoms with van der Waals surface area (Å²) in [5, 5.41) is 9.69. The lowest BCUT2D eigenvalue weighted by atomic mass is 10.0. The minimum atomic E-state index is 0.253. The van der Waals surface area contributed by atoms with Crippen molar-refractivity contribution in [2.24, 2.45) is 5.73 Å². The van der Waals surface area contributed by atoms with Crippen LogP contribution in [0.5, 0.6) is 0 Å². The van der Waals surface area contributed by atoms with E-state index in [1.165, 1.54) is 16.3 Å². The van der Waals surface area contributed by atoms with Crippen molar-refractivity contribution in [1.82, 2.24) is 0 Å². The quantitative estimate of drug-likeness (QED) is 0.578. The van der Waals surface area contributed by atoms with Gasteiger partial charge in [0.05, 0.1) is 5.84 Å². The van der Waals surface area contributed by atoms with E-state index in [0.717, 1.165) is 6.42 Å². The summed E-state index contributed by atoms with van der Waals surface area (Å²) in [6.45, 7) is 0. The van der Waals surface area contributed by atoms with Gasteiger partial charge in [-0.25, -0.2) is 0 Å². The number of benzene rings is 2. The molecule has 0 atom stereocenters. The van der Waals surface area contributed by atoms with E-state index < -0.39 is 0 Å². The molecule has 0 heterocycles. The highest BCUT2D eigenvalue weighted by Gasteiger charge is 1.97. The monoisotopic (exact) mass is 198 g/mol. The molecule has 0 unspecified atom stereocenters. The number of amidine groups is 1. The maximum Gasteiger partial charge on any atom is 0.0908 e. The van der Waals surface area contributed by atoms with Crippen LogP contribution in [0.2, 0.25) is 0 Å². The highest BCUT2D eigenvalue weighted by atomic mass is 14.7. The average molecular weight is 198 g/mol. The van der Waals surface area contributed by atoms with Crippen LogP contribution >= 0.6 is 0 Å². The van der Waals surface area contributed by atoms with Gasteiger partial charge in [0.1, 0.15) is 0 Å². The Morgan fingerprint density at radius 2 is 1.80 bits per heavy atom. The van der Waals surface area contributed by atoms with Crippen molar-refractivity contribution >= 4 is 16.6 Å². The van der Waals surface area contributed by atoms with Gasteiger partial charge in [0, 0.05) is 6.42 Å². The molecular formula is C13H14N2. The molecule has 0 saturated heterocycles. The number of hydrogen-bond donors (Lipinski definition) is 2. The molecule has 2 aromatic rings. The fraction of sp³-hybridized carbons (Fsp3) is 0.154. The molecule has 0 aliphatic carbocycles. The summed E-state index contributed by atoms with van der Waals surface area (Å²) >= 11 is 0.